The van der Waals surface area contributed by atoms with Gasteiger partial charge in [0.25, 0.3) is 6.71 Å². The molecule has 1 aliphatic carbocycles. The number of fused-ring (bicyclic) bond motifs is 14. The van der Waals surface area contributed by atoms with Crippen LogP contribution in [-0.4, -0.2) is 15.8 Å². The molecule has 3 aliphatic rings. The van der Waals surface area contributed by atoms with E-state index in [1.54, 1.807) is 0 Å². The van der Waals surface area contributed by atoms with Crippen LogP contribution in [0.5, 0.6) is 0 Å². The molecule has 0 atom stereocenters. The van der Waals surface area contributed by atoms with Crippen molar-refractivity contribution in [3.8, 4) is 22.6 Å². The maximum atomic E-state index is 6.68. The maximum absolute atomic E-state index is 6.68. The van der Waals surface area contributed by atoms with Crippen molar-refractivity contribution in [2.24, 2.45) is 0 Å². The van der Waals surface area contributed by atoms with Crippen molar-refractivity contribution < 1.29 is 4.42 Å². The van der Waals surface area contributed by atoms with Crippen molar-refractivity contribution in [2.75, 3.05) is 4.90 Å². The van der Waals surface area contributed by atoms with E-state index >= 15 is 0 Å². The summed E-state index contributed by atoms with van der Waals surface area (Å²) in [5.41, 5.74) is 22.1. The van der Waals surface area contributed by atoms with Gasteiger partial charge in [-0.3, -0.25) is 0 Å². The van der Waals surface area contributed by atoms with Crippen LogP contribution in [0.25, 0.3) is 66.5 Å². The van der Waals surface area contributed by atoms with Gasteiger partial charge in [-0.15, -0.1) is 0 Å². The first-order valence-electron chi connectivity index (χ1n) is 19.3. The lowest BCUT2D eigenvalue weighted by atomic mass is 9.34. The van der Waals surface area contributed by atoms with Gasteiger partial charge in [-0.05, 0) is 107 Å². The zero-order valence-electron chi connectivity index (χ0n) is 30.8. The third-order valence-corrected chi connectivity index (χ3v) is 12.9. The average molecular weight is 704 g/mol. The highest BCUT2D eigenvalue weighted by Gasteiger charge is 2.46. The molecule has 0 spiro atoms. The quantitative estimate of drug-likeness (QED) is 0.171. The summed E-state index contributed by atoms with van der Waals surface area (Å²) >= 11 is 0. The summed E-state index contributed by atoms with van der Waals surface area (Å²) < 4.78 is 11.9. The second kappa shape index (κ2) is 10.1. The van der Waals surface area contributed by atoms with Crippen molar-refractivity contribution in [1.82, 2.24) is 9.13 Å². The van der Waals surface area contributed by atoms with Crippen LogP contribution in [0.4, 0.5) is 17.1 Å². The maximum Gasteiger partial charge on any atom is 0.252 e. The van der Waals surface area contributed by atoms with E-state index in [1.165, 1.54) is 77.5 Å². The zero-order valence-corrected chi connectivity index (χ0v) is 30.8. The lowest BCUT2D eigenvalue weighted by Gasteiger charge is -2.34. The largest absolute Gasteiger partial charge is 0.454 e. The predicted octanol–water partition coefficient (Wildman–Crippen LogP) is 10.7. The first-order chi connectivity index (χ1) is 27.0. The summed E-state index contributed by atoms with van der Waals surface area (Å²) in [6.07, 6.45) is 0. The summed E-state index contributed by atoms with van der Waals surface area (Å²) in [5, 5.41) is 3.68. The second-order valence-corrected chi connectivity index (χ2v) is 16.2. The number of anilines is 3. The molecular formula is C50H34BN3O. The molecule has 7 aromatic carbocycles. The van der Waals surface area contributed by atoms with Crippen LogP contribution in [0, 0.1) is 6.92 Å². The lowest BCUT2D eigenvalue weighted by Crippen LogP contribution is -2.59. The molecule has 0 saturated carbocycles. The highest BCUT2D eigenvalue weighted by molar-refractivity contribution is 7.00. The van der Waals surface area contributed by atoms with Gasteiger partial charge in [0.1, 0.15) is 11.1 Å². The van der Waals surface area contributed by atoms with Crippen LogP contribution in [-0.2, 0) is 5.41 Å². The minimum Gasteiger partial charge on any atom is -0.454 e. The topological polar surface area (TPSA) is 26.2 Å². The number of hydrogen-bond donors (Lipinski definition) is 0. The number of aryl methyl sites for hydroxylation is 1. The molecule has 5 heterocycles. The Morgan fingerprint density at radius 3 is 1.91 bits per heavy atom. The smallest absolute Gasteiger partial charge is 0.252 e. The molecule has 0 amide bonds. The number of para-hydroxylation sites is 5. The molecular weight excluding hydrogens is 669 g/mol. The molecule has 10 aromatic rings. The van der Waals surface area contributed by atoms with Gasteiger partial charge in [-0.2, -0.15) is 0 Å². The molecule has 0 fully saturated rings. The van der Waals surface area contributed by atoms with Gasteiger partial charge >= 0.3 is 0 Å². The molecule has 3 aromatic heterocycles. The molecule has 0 unspecified atom stereocenters. The van der Waals surface area contributed by atoms with Crippen molar-refractivity contribution >= 4 is 84.0 Å². The van der Waals surface area contributed by atoms with E-state index in [4.69, 9.17) is 4.42 Å². The van der Waals surface area contributed by atoms with Crippen LogP contribution in [0.1, 0.15) is 30.5 Å². The predicted molar refractivity (Wildman–Crippen MR) is 229 cm³/mol. The lowest BCUT2D eigenvalue weighted by molar-refractivity contribution is 0.666. The normalized spacial score (nSPS) is 14.2. The van der Waals surface area contributed by atoms with Gasteiger partial charge in [0, 0.05) is 61.1 Å². The van der Waals surface area contributed by atoms with Crippen LogP contribution >= 0.6 is 0 Å². The van der Waals surface area contributed by atoms with Gasteiger partial charge in [-0.25, -0.2) is 0 Å². The van der Waals surface area contributed by atoms with E-state index in [0.29, 0.717) is 0 Å². The summed E-state index contributed by atoms with van der Waals surface area (Å²) in [4.78, 5) is 2.38. The van der Waals surface area contributed by atoms with E-state index in [1.807, 2.05) is 0 Å². The van der Waals surface area contributed by atoms with Crippen molar-refractivity contribution in [2.45, 2.75) is 26.2 Å². The van der Waals surface area contributed by atoms with Gasteiger partial charge in [-0.1, -0.05) is 98.8 Å². The molecule has 0 saturated heterocycles. The fourth-order valence-electron chi connectivity index (χ4n) is 10.8. The van der Waals surface area contributed by atoms with Gasteiger partial charge in [0.15, 0.2) is 5.58 Å². The van der Waals surface area contributed by atoms with E-state index in [9.17, 15) is 0 Å². The van der Waals surface area contributed by atoms with Gasteiger partial charge in [0.2, 0.25) is 0 Å². The highest BCUT2D eigenvalue weighted by atomic mass is 16.3. The van der Waals surface area contributed by atoms with E-state index in [0.717, 1.165) is 39.1 Å². The molecule has 13 rings (SSSR count). The first kappa shape index (κ1) is 29.7. The highest BCUT2D eigenvalue weighted by Crippen LogP contribution is 2.55. The third-order valence-electron chi connectivity index (χ3n) is 12.9. The van der Waals surface area contributed by atoms with Crippen LogP contribution in [0.15, 0.2) is 156 Å². The molecule has 0 N–H and O–H groups in total. The van der Waals surface area contributed by atoms with E-state index in [2.05, 4.69) is 186 Å². The Kier molecular flexibility index (Phi) is 5.44. The molecule has 258 valence electrons. The van der Waals surface area contributed by atoms with Crippen LogP contribution in [0.2, 0.25) is 0 Å². The van der Waals surface area contributed by atoms with Crippen LogP contribution in [0.3, 0.4) is 0 Å². The standard InChI is InChI=1S/C50H34BN3O/c1-29-26-40-44-41(27-29)54-46-35(49-48(54)33-18-10-11-23-42(33)55-49)20-13-22-39(46)51(44)38-21-12-19-34-43-47(53(40)45(34)38)36-28-32(24-25-37(36)50(43,2)3)52(30-14-6-4-7-15-30)31-16-8-5-9-17-31/h4-28H,1-3H3. The van der Waals surface area contributed by atoms with Crippen molar-refractivity contribution in [3.05, 3.63) is 168 Å². The van der Waals surface area contributed by atoms with E-state index in [-0.39, 0.29) is 12.1 Å². The van der Waals surface area contributed by atoms with Gasteiger partial charge in [0.05, 0.1) is 11.2 Å². The Balaban J connectivity index is 1.15. The SMILES string of the molecule is Cc1cc2c3c(c1)-n1c4c(cccc4c4oc5ccccc5c41)B3c1cccc3c4c(n-2c13)-c1cc(N(c2ccccc2)c2ccccc2)ccc1C4(C)C. The number of benzene rings is 7. The number of furan rings is 1. The minimum atomic E-state index is -0.199. The summed E-state index contributed by atoms with van der Waals surface area (Å²) in [6.45, 7) is 7.19. The Morgan fingerprint density at radius 1 is 0.564 bits per heavy atom. The fourth-order valence-corrected chi connectivity index (χ4v) is 10.8. The Hall–Kier alpha value is -6.72. The second-order valence-electron chi connectivity index (χ2n) is 16.2. The van der Waals surface area contributed by atoms with E-state index < -0.39 is 0 Å². The monoisotopic (exact) mass is 703 g/mol. The Labute approximate surface area is 318 Å². The minimum absolute atomic E-state index is 0.0962. The molecule has 5 heteroatoms. The summed E-state index contributed by atoms with van der Waals surface area (Å²) in [5.74, 6) is 0. The summed E-state index contributed by atoms with van der Waals surface area (Å²) in [7, 11) is 0. The van der Waals surface area contributed by atoms with Gasteiger partial charge < -0.3 is 18.5 Å². The van der Waals surface area contributed by atoms with Crippen molar-refractivity contribution in [3.63, 3.8) is 0 Å². The number of hydrogen-bond acceptors (Lipinski definition) is 2. The Bertz CT molecular complexity index is 3270. The number of aromatic nitrogens is 2. The molecule has 4 nitrogen and oxygen atoms in total. The van der Waals surface area contributed by atoms with Crippen LogP contribution < -0.4 is 21.3 Å². The fraction of sp³-hybridized carbons (Fsp3) is 0.0800. The Morgan fingerprint density at radius 2 is 1.18 bits per heavy atom. The molecule has 55 heavy (non-hydrogen) atoms. The summed E-state index contributed by atoms with van der Waals surface area (Å²) in [6, 6.07) is 55.9. The zero-order chi connectivity index (χ0) is 36.3. The molecule has 0 bridgehead atoms. The first-order valence-corrected chi connectivity index (χ1v) is 19.3. The number of rotatable bonds is 3. The third kappa shape index (κ3) is 3.55. The average Bonchev–Trinajstić information content (AvgIpc) is 3.92. The molecule has 2 aliphatic heterocycles. The molecule has 0 radical (unpaired) electrons. The van der Waals surface area contributed by atoms with Crippen molar-refractivity contribution in [1.29, 1.82) is 0 Å². The number of nitrogens with zero attached hydrogens (tertiary/aromatic N) is 3.